The predicted octanol–water partition coefficient (Wildman–Crippen LogP) is 4.32. The van der Waals surface area contributed by atoms with E-state index in [0.29, 0.717) is 31.8 Å². The fraction of sp³-hybridized carbons (Fsp3) is 0.250. The van der Waals surface area contributed by atoms with E-state index in [1.165, 1.54) is 5.56 Å². The Morgan fingerprint density at radius 2 is 1.68 bits per heavy atom. The number of benzene rings is 2. The van der Waals surface area contributed by atoms with Crippen molar-refractivity contribution in [3.63, 3.8) is 0 Å². The molecule has 4 rings (SSSR count). The van der Waals surface area contributed by atoms with Gasteiger partial charge in [-0.3, -0.25) is 9.78 Å². The minimum Gasteiger partial charge on any atom is -0.487 e. The molecule has 7 heteroatoms. The highest BCUT2D eigenvalue weighted by atomic mass is 35.5. The van der Waals surface area contributed by atoms with Crippen LogP contribution < -0.4 is 10.5 Å². The van der Waals surface area contributed by atoms with Crippen LogP contribution in [0.15, 0.2) is 79.0 Å². The number of hydrogen-bond donors (Lipinski definition) is 1. The van der Waals surface area contributed by atoms with Crippen molar-refractivity contribution in [1.29, 1.82) is 0 Å². The standard InChI is InChI=1S/C24H25N3O2.2ClH/c25-14-20-15-27(16-23(20)18-6-2-1-3-7-18)24(28)19-9-11-22(12-10-19)29-17-21-8-4-5-13-26-21;;/h1-13,20,23H,14-17,25H2;2*1H/t20-,23+;;/m1../s1. The number of nitrogens with two attached hydrogens (primary N) is 1. The van der Waals surface area contributed by atoms with E-state index in [-0.39, 0.29) is 42.6 Å². The average molecular weight is 460 g/mol. The molecular formula is C24H27Cl2N3O2. The van der Waals surface area contributed by atoms with Crippen LogP contribution in [-0.4, -0.2) is 35.4 Å². The van der Waals surface area contributed by atoms with Crippen LogP contribution in [0.2, 0.25) is 0 Å². The lowest BCUT2D eigenvalue weighted by molar-refractivity contribution is 0.0786. The summed E-state index contributed by atoms with van der Waals surface area (Å²) in [5, 5.41) is 0. The van der Waals surface area contributed by atoms with E-state index >= 15 is 0 Å². The first kappa shape index (κ1) is 24.7. The van der Waals surface area contributed by atoms with E-state index in [1.807, 2.05) is 65.6 Å². The maximum absolute atomic E-state index is 13.0. The van der Waals surface area contributed by atoms with E-state index in [9.17, 15) is 4.79 Å². The normalized spacial score (nSPS) is 17.4. The van der Waals surface area contributed by atoms with Gasteiger partial charge in [0.05, 0.1) is 5.69 Å². The molecule has 0 spiro atoms. The predicted molar refractivity (Wildman–Crippen MR) is 127 cm³/mol. The van der Waals surface area contributed by atoms with Crippen molar-refractivity contribution in [2.45, 2.75) is 12.5 Å². The Balaban J connectivity index is 0.00000171. The zero-order chi connectivity index (χ0) is 20.1. The van der Waals surface area contributed by atoms with Gasteiger partial charge in [-0.2, -0.15) is 0 Å². The SMILES string of the molecule is Cl.Cl.NC[C@@H]1CN(C(=O)c2ccc(OCc3ccccn3)cc2)C[C@H]1c1ccccc1. The monoisotopic (exact) mass is 459 g/mol. The number of amides is 1. The summed E-state index contributed by atoms with van der Waals surface area (Å²) >= 11 is 0. The van der Waals surface area contributed by atoms with E-state index in [1.54, 1.807) is 6.20 Å². The highest BCUT2D eigenvalue weighted by Crippen LogP contribution is 2.33. The van der Waals surface area contributed by atoms with Crippen molar-refractivity contribution in [3.05, 3.63) is 95.8 Å². The summed E-state index contributed by atoms with van der Waals surface area (Å²) in [5.74, 6) is 1.32. The van der Waals surface area contributed by atoms with E-state index in [0.717, 1.165) is 11.4 Å². The van der Waals surface area contributed by atoms with Gasteiger partial charge in [-0.05, 0) is 54.4 Å². The van der Waals surface area contributed by atoms with Gasteiger partial charge < -0.3 is 15.4 Å². The third-order valence-corrected chi connectivity index (χ3v) is 5.47. The second-order valence-electron chi connectivity index (χ2n) is 7.36. The zero-order valence-corrected chi connectivity index (χ0v) is 18.7. The summed E-state index contributed by atoms with van der Waals surface area (Å²) < 4.78 is 5.76. The molecule has 5 nitrogen and oxygen atoms in total. The van der Waals surface area contributed by atoms with E-state index < -0.39 is 0 Å². The van der Waals surface area contributed by atoms with Crippen LogP contribution in [0.1, 0.15) is 27.5 Å². The number of nitrogens with zero attached hydrogens (tertiary/aromatic N) is 2. The molecule has 1 amide bonds. The largest absolute Gasteiger partial charge is 0.487 e. The molecule has 3 aromatic rings. The van der Waals surface area contributed by atoms with Gasteiger partial charge in [0.25, 0.3) is 5.91 Å². The summed E-state index contributed by atoms with van der Waals surface area (Å²) in [6.45, 7) is 2.36. The Morgan fingerprint density at radius 1 is 0.968 bits per heavy atom. The molecular weight excluding hydrogens is 433 g/mol. The number of ether oxygens (including phenoxy) is 1. The third kappa shape index (κ3) is 5.97. The fourth-order valence-electron chi connectivity index (χ4n) is 3.87. The lowest BCUT2D eigenvalue weighted by Crippen LogP contribution is -2.29. The van der Waals surface area contributed by atoms with E-state index in [2.05, 4.69) is 17.1 Å². The molecule has 0 radical (unpaired) electrons. The molecule has 1 saturated heterocycles. The summed E-state index contributed by atoms with van der Waals surface area (Å²) in [6.07, 6.45) is 1.74. The molecule has 2 aromatic carbocycles. The van der Waals surface area contributed by atoms with Gasteiger partial charge in [-0.25, -0.2) is 0 Å². The molecule has 0 aliphatic carbocycles. The van der Waals surface area contributed by atoms with Crippen molar-refractivity contribution in [3.8, 4) is 5.75 Å². The molecule has 1 fully saturated rings. The minimum absolute atomic E-state index is 0. The molecule has 0 bridgehead atoms. The second-order valence-corrected chi connectivity index (χ2v) is 7.36. The van der Waals surface area contributed by atoms with Crippen LogP contribution in [0, 0.1) is 5.92 Å². The molecule has 2 heterocycles. The molecule has 2 atom stereocenters. The Hall–Kier alpha value is -2.60. The van der Waals surface area contributed by atoms with Crippen LogP contribution in [0.5, 0.6) is 5.75 Å². The Morgan fingerprint density at radius 3 is 2.32 bits per heavy atom. The first-order valence-corrected chi connectivity index (χ1v) is 9.91. The fourth-order valence-corrected chi connectivity index (χ4v) is 3.87. The number of likely N-dealkylation sites (tertiary alicyclic amines) is 1. The third-order valence-electron chi connectivity index (χ3n) is 5.47. The number of halogens is 2. The lowest BCUT2D eigenvalue weighted by atomic mass is 9.89. The molecule has 1 aliphatic heterocycles. The average Bonchev–Trinajstić information content (AvgIpc) is 3.23. The topological polar surface area (TPSA) is 68.5 Å². The highest BCUT2D eigenvalue weighted by molar-refractivity contribution is 5.94. The van der Waals surface area contributed by atoms with Gasteiger partial charge in [-0.15, -0.1) is 24.8 Å². The van der Waals surface area contributed by atoms with E-state index in [4.69, 9.17) is 10.5 Å². The van der Waals surface area contributed by atoms with Gasteiger partial charge in [-0.1, -0.05) is 36.4 Å². The number of carbonyl (C=O) groups is 1. The molecule has 164 valence electrons. The molecule has 0 saturated carbocycles. The van der Waals surface area contributed by atoms with Gasteiger partial charge in [0.2, 0.25) is 0 Å². The van der Waals surface area contributed by atoms with Gasteiger partial charge in [0.1, 0.15) is 12.4 Å². The van der Waals surface area contributed by atoms with Gasteiger partial charge in [0.15, 0.2) is 0 Å². The summed E-state index contributed by atoms with van der Waals surface area (Å²) in [5.41, 5.74) is 8.78. The quantitative estimate of drug-likeness (QED) is 0.595. The Labute approximate surface area is 195 Å². The van der Waals surface area contributed by atoms with Crippen molar-refractivity contribution in [1.82, 2.24) is 9.88 Å². The molecule has 1 aromatic heterocycles. The van der Waals surface area contributed by atoms with Crippen LogP contribution in [-0.2, 0) is 6.61 Å². The second kappa shape index (κ2) is 11.7. The minimum atomic E-state index is 0. The maximum atomic E-state index is 13.0. The molecule has 2 N–H and O–H groups in total. The van der Waals surface area contributed by atoms with Crippen molar-refractivity contribution >= 4 is 30.7 Å². The van der Waals surface area contributed by atoms with Gasteiger partial charge in [0, 0.05) is 30.8 Å². The van der Waals surface area contributed by atoms with Crippen molar-refractivity contribution in [2.75, 3.05) is 19.6 Å². The molecule has 0 unspecified atom stereocenters. The molecule has 1 aliphatic rings. The number of aromatic nitrogens is 1. The number of rotatable bonds is 6. The van der Waals surface area contributed by atoms with Crippen molar-refractivity contribution < 1.29 is 9.53 Å². The van der Waals surface area contributed by atoms with Gasteiger partial charge >= 0.3 is 0 Å². The lowest BCUT2D eigenvalue weighted by Gasteiger charge is -2.17. The van der Waals surface area contributed by atoms with Crippen LogP contribution >= 0.6 is 24.8 Å². The molecule has 31 heavy (non-hydrogen) atoms. The smallest absolute Gasteiger partial charge is 0.253 e. The summed E-state index contributed by atoms with van der Waals surface area (Å²) in [6, 6.07) is 23.4. The Bertz CT molecular complexity index is 940. The first-order chi connectivity index (χ1) is 14.2. The number of pyridine rings is 1. The Kier molecular flexibility index (Phi) is 9.31. The first-order valence-electron chi connectivity index (χ1n) is 9.91. The highest BCUT2D eigenvalue weighted by Gasteiger charge is 2.35. The van der Waals surface area contributed by atoms with Crippen molar-refractivity contribution in [2.24, 2.45) is 11.7 Å². The number of carbonyl (C=O) groups excluding carboxylic acids is 1. The zero-order valence-electron chi connectivity index (χ0n) is 17.1. The summed E-state index contributed by atoms with van der Waals surface area (Å²) in [7, 11) is 0. The number of hydrogen-bond acceptors (Lipinski definition) is 4. The summed E-state index contributed by atoms with van der Waals surface area (Å²) in [4.78, 5) is 19.2. The van der Waals surface area contributed by atoms with Crippen LogP contribution in [0.25, 0.3) is 0 Å². The maximum Gasteiger partial charge on any atom is 0.253 e. The van der Waals surface area contributed by atoms with Crippen LogP contribution in [0.3, 0.4) is 0 Å². The van der Waals surface area contributed by atoms with Crippen LogP contribution in [0.4, 0.5) is 0 Å².